The normalized spacial score (nSPS) is 16.7. The van der Waals surface area contributed by atoms with Gasteiger partial charge in [-0.05, 0) is 18.2 Å². The number of morpholine rings is 1. The van der Waals surface area contributed by atoms with Crippen LogP contribution in [0.1, 0.15) is 11.5 Å². The largest absolute Gasteiger partial charge is 0.486 e. The minimum atomic E-state index is -0.529. The maximum atomic E-state index is 13.3. The van der Waals surface area contributed by atoms with Gasteiger partial charge >= 0.3 is 0 Å². The molecule has 158 valence electrons. The molecule has 3 aromatic rings. The molecular weight excluding hydrogens is 413 g/mol. The van der Waals surface area contributed by atoms with Gasteiger partial charge in [0.15, 0.2) is 0 Å². The van der Waals surface area contributed by atoms with Gasteiger partial charge in [-0.15, -0.1) is 0 Å². The summed E-state index contributed by atoms with van der Waals surface area (Å²) in [4.78, 5) is 24.1. The second-order valence-electron chi connectivity index (χ2n) is 6.86. The van der Waals surface area contributed by atoms with Gasteiger partial charge in [0.1, 0.15) is 29.5 Å². The summed E-state index contributed by atoms with van der Waals surface area (Å²) in [5.41, 5.74) is 0.889. The predicted molar refractivity (Wildman–Crippen MR) is 110 cm³/mol. The Morgan fingerprint density at radius 1 is 1.37 bits per heavy atom. The molecule has 0 aliphatic carbocycles. The number of benzene rings is 1. The first-order valence-electron chi connectivity index (χ1n) is 9.58. The number of fused-ring (bicyclic) bond motifs is 1. The Kier molecular flexibility index (Phi) is 6.53. The van der Waals surface area contributed by atoms with Gasteiger partial charge in [0, 0.05) is 38.4 Å². The van der Waals surface area contributed by atoms with Crippen molar-refractivity contribution in [2.45, 2.75) is 19.3 Å². The standard InChI is InChI=1S/C20H21ClFN5O3/c21-15-7-12(1-2-16(15)22)30-11-18-26-19-14(20(28)27-18)3-4-25-17(19)10-24-9-13-8-23-5-6-29-13/h1-4,7,13,23-24H,5-6,8-11H2,(H,26,27,28)/t13-/m0/s1. The monoisotopic (exact) mass is 433 g/mol. The molecule has 2 aromatic heterocycles. The molecule has 1 fully saturated rings. The third-order valence-corrected chi connectivity index (χ3v) is 4.97. The van der Waals surface area contributed by atoms with E-state index in [-0.39, 0.29) is 23.3 Å². The summed E-state index contributed by atoms with van der Waals surface area (Å²) in [7, 11) is 0. The number of nitrogens with one attached hydrogen (secondary N) is 3. The van der Waals surface area contributed by atoms with E-state index in [4.69, 9.17) is 21.1 Å². The minimum Gasteiger partial charge on any atom is -0.486 e. The van der Waals surface area contributed by atoms with Crippen LogP contribution in [0.4, 0.5) is 4.39 Å². The fourth-order valence-electron chi connectivity index (χ4n) is 3.19. The van der Waals surface area contributed by atoms with E-state index in [9.17, 15) is 9.18 Å². The van der Waals surface area contributed by atoms with Gasteiger partial charge in [-0.3, -0.25) is 9.78 Å². The Balaban J connectivity index is 1.48. The molecule has 1 saturated heterocycles. The average molecular weight is 434 g/mol. The Hall–Kier alpha value is -2.59. The summed E-state index contributed by atoms with van der Waals surface area (Å²) in [5.74, 6) is 0.180. The van der Waals surface area contributed by atoms with Crippen LogP contribution >= 0.6 is 11.6 Å². The van der Waals surface area contributed by atoms with Crippen molar-refractivity contribution in [2.75, 3.05) is 26.2 Å². The van der Waals surface area contributed by atoms with E-state index in [1.165, 1.54) is 18.2 Å². The molecule has 0 bridgehead atoms. The van der Waals surface area contributed by atoms with Crippen molar-refractivity contribution in [1.82, 2.24) is 25.6 Å². The van der Waals surface area contributed by atoms with Gasteiger partial charge in [0.2, 0.25) is 0 Å². The molecule has 8 nitrogen and oxygen atoms in total. The fourth-order valence-corrected chi connectivity index (χ4v) is 3.36. The minimum absolute atomic E-state index is 0.00348. The highest BCUT2D eigenvalue weighted by Crippen LogP contribution is 2.21. The number of pyridine rings is 1. The second kappa shape index (κ2) is 9.48. The molecule has 1 atom stereocenters. The van der Waals surface area contributed by atoms with Crippen molar-refractivity contribution in [3.63, 3.8) is 0 Å². The second-order valence-corrected chi connectivity index (χ2v) is 7.27. The van der Waals surface area contributed by atoms with E-state index in [0.29, 0.717) is 47.9 Å². The van der Waals surface area contributed by atoms with E-state index >= 15 is 0 Å². The average Bonchev–Trinajstić information content (AvgIpc) is 2.76. The molecule has 10 heteroatoms. The summed E-state index contributed by atoms with van der Waals surface area (Å²) < 4.78 is 24.5. The SMILES string of the molecule is O=c1[nH]c(COc2ccc(F)c(Cl)c2)nc2c(CNC[C@@H]3CNCCO3)nccc12. The van der Waals surface area contributed by atoms with E-state index in [1.807, 2.05) is 0 Å². The van der Waals surface area contributed by atoms with Crippen LogP contribution in [-0.4, -0.2) is 47.3 Å². The Labute approximate surface area is 176 Å². The van der Waals surface area contributed by atoms with Crippen molar-refractivity contribution >= 4 is 22.5 Å². The van der Waals surface area contributed by atoms with E-state index in [0.717, 1.165) is 13.1 Å². The third-order valence-electron chi connectivity index (χ3n) is 4.68. The summed E-state index contributed by atoms with van der Waals surface area (Å²) in [6.07, 6.45) is 1.68. The number of nitrogens with zero attached hydrogens (tertiary/aromatic N) is 2. The maximum Gasteiger partial charge on any atom is 0.258 e. The van der Waals surface area contributed by atoms with Gasteiger partial charge in [0.25, 0.3) is 5.56 Å². The zero-order valence-electron chi connectivity index (χ0n) is 16.1. The van der Waals surface area contributed by atoms with Crippen LogP contribution in [0.5, 0.6) is 5.75 Å². The Morgan fingerprint density at radius 2 is 2.27 bits per heavy atom. The zero-order chi connectivity index (χ0) is 20.9. The van der Waals surface area contributed by atoms with Crippen LogP contribution in [0.15, 0.2) is 35.3 Å². The first kappa shape index (κ1) is 20.7. The van der Waals surface area contributed by atoms with Gasteiger partial charge in [-0.2, -0.15) is 0 Å². The van der Waals surface area contributed by atoms with Crippen molar-refractivity contribution in [3.8, 4) is 5.75 Å². The molecule has 0 unspecified atom stereocenters. The molecule has 3 N–H and O–H groups in total. The lowest BCUT2D eigenvalue weighted by atomic mass is 10.2. The topological polar surface area (TPSA) is 101 Å². The van der Waals surface area contributed by atoms with Crippen LogP contribution in [0.3, 0.4) is 0 Å². The smallest absolute Gasteiger partial charge is 0.258 e. The maximum absolute atomic E-state index is 13.3. The zero-order valence-corrected chi connectivity index (χ0v) is 16.8. The quantitative estimate of drug-likeness (QED) is 0.522. The van der Waals surface area contributed by atoms with Crippen LogP contribution in [0.25, 0.3) is 10.9 Å². The molecule has 1 aliphatic rings. The van der Waals surface area contributed by atoms with Crippen LogP contribution < -0.4 is 20.9 Å². The van der Waals surface area contributed by atoms with E-state index in [2.05, 4.69) is 25.6 Å². The van der Waals surface area contributed by atoms with Gasteiger partial charge < -0.3 is 25.1 Å². The highest BCUT2D eigenvalue weighted by atomic mass is 35.5. The highest BCUT2D eigenvalue weighted by molar-refractivity contribution is 6.30. The third kappa shape index (κ3) is 4.93. The van der Waals surface area contributed by atoms with Crippen molar-refractivity contribution in [3.05, 3.63) is 63.2 Å². The number of halogens is 2. The Bertz CT molecular complexity index is 1090. The molecule has 3 heterocycles. The van der Waals surface area contributed by atoms with Crippen molar-refractivity contribution in [2.24, 2.45) is 0 Å². The predicted octanol–water partition coefficient (Wildman–Crippen LogP) is 1.77. The van der Waals surface area contributed by atoms with E-state index in [1.54, 1.807) is 12.3 Å². The number of rotatable bonds is 7. The summed E-state index contributed by atoms with van der Waals surface area (Å²) in [5, 5.41) is 7.00. The van der Waals surface area contributed by atoms with E-state index < -0.39 is 5.82 Å². The number of ether oxygens (including phenoxy) is 2. The lowest BCUT2D eigenvalue weighted by Crippen LogP contribution is -2.43. The first-order chi connectivity index (χ1) is 14.6. The van der Waals surface area contributed by atoms with Crippen LogP contribution in [-0.2, 0) is 17.9 Å². The number of H-pyrrole nitrogens is 1. The van der Waals surface area contributed by atoms with Crippen LogP contribution in [0, 0.1) is 5.82 Å². The molecule has 0 spiro atoms. The molecule has 1 aliphatic heterocycles. The Morgan fingerprint density at radius 3 is 3.07 bits per heavy atom. The number of hydrogen-bond acceptors (Lipinski definition) is 7. The molecule has 4 rings (SSSR count). The van der Waals surface area contributed by atoms with Gasteiger partial charge in [-0.1, -0.05) is 11.6 Å². The summed E-state index contributed by atoms with van der Waals surface area (Å²) in [6.45, 7) is 3.46. The molecule has 0 amide bonds. The van der Waals surface area contributed by atoms with Crippen LogP contribution in [0.2, 0.25) is 5.02 Å². The highest BCUT2D eigenvalue weighted by Gasteiger charge is 2.14. The van der Waals surface area contributed by atoms with Crippen molar-refractivity contribution < 1.29 is 13.9 Å². The number of aromatic amines is 1. The molecular formula is C20H21ClFN5O3. The number of aromatic nitrogens is 3. The molecule has 0 saturated carbocycles. The first-order valence-corrected chi connectivity index (χ1v) is 9.95. The molecule has 30 heavy (non-hydrogen) atoms. The molecule has 0 radical (unpaired) electrons. The lowest BCUT2D eigenvalue weighted by Gasteiger charge is -2.23. The number of hydrogen-bond donors (Lipinski definition) is 3. The summed E-state index contributed by atoms with van der Waals surface area (Å²) >= 11 is 5.77. The van der Waals surface area contributed by atoms with Crippen molar-refractivity contribution in [1.29, 1.82) is 0 Å². The van der Waals surface area contributed by atoms with Gasteiger partial charge in [-0.25, -0.2) is 9.37 Å². The van der Waals surface area contributed by atoms with Gasteiger partial charge in [0.05, 0.1) is 28.8 Å². The molecule has 1 aromatic carbocycles. The lowest BCUT2D eigenvalue weighted by molar-refractivity contribution is 0.0290. The fraction of sp³-hybridized carbons (Fsp3) is 0.350. The summed E-state index contributed by atoms with van der Waals surface area (Å²) in [6, 6.07) is 5.67.